The minimum absolute atomic E-state index is 0.416. The Morgan fingerprint density at radius 3 is 3.00 bits per heavy atom. The van der Waals surface area contributed by atoms with Crippen LogP contribution in [0.5, 0.6) is 0 Å². The van der Waals surface area contributed by atoms with Crippen molar-refractivity contribution >= 4 is 0 Å². The maximum atomic E-state index is 5.65. The van der Waals surface area contributed by atoms with Crippen molar-refractivity contribution in [2.24, 2.45) is 5.73 Å². The molecule has 0 aliphatic heterocycles. The number of nitrogens with one attached hydrogen (secondary N) is 1. The van der Waals surface area contributed by atoms with Gasteiger partial charge >= 0.3 is 0 Å². The first-order valence-corrected chi connectivity index (χ1v) is 4.36. The summed E-state index contributed by atoms with van der Waals surface area (Å²) in [7, 11) is 0. The number of hydrogen-bond acceptors (Lipinski definition) is 3. The molecule has 1 aromatic heterocycles. The van der Waals surface area contributed by atoms with Gasteiger partial charge in [0.05, 0.1) is 12.8 Å². The minimum atomic E-state index is 0.416. The zero-order chi connectivity index (χ0) is 8.39. The topological polar surface area (TPSA) is 51.2 Å². The first-order valence-electron chi connectivity index (χ1n) is 4.36. The Labute approximate surface area is 71.9 Å². The van der Waals surface area contributed by atoms with E-state index >= 15 is 0 Å². The van der Waals surface area contributed by atoms with Crippen LogP contribution in [0, 0.1) is 0 Å². The molecule has 0 saturated heterocycles. The zero-order valence-electron chi connectivity index (χ0n) is 6.99. The highest BCUT2D eigenvalue weighted by Crippen LogP contribution is 2.17. The maximum absolute atomic E-state index is 5.65. The standard InChI is InChI=1S/C9H14N2O/c10-7-4-8(5-7)11-6-9-2-1-3-12-9/h1-3,7-8,11H,4-6,10H2. The van der Waals surface area contributed by atoms with E-state index in [0.29, 0.717) is 12.1 Å². The molecule has 3 nitrogen and oxygen atoms in total. The van der Waals surface area contributed by atoms with Gasteiger partial charge in [0.25, 0.3) is 0 Å². The lowest BCUT2D eigenvalue weighted by atomic mass is 9.88. The van der Waals surface area contributed by atoms with Gasteiger partial charge in [-0.3, -0.25) is 0 Å². The van der Waals surface area contributed by atoms with E-state index in [1.54, 1.807) is 6.26 Å². The molecule has 12 heavy (non-hydrogen) atoms. The normalized spacial score (nSPS) is 28.4. The summed E-state index contributed by atoms with van der Waals surface area (Å²) in [4.78, 5) is 0. The summed E-state index contributed by atoms with van der Waals surface area (Å²) >= 11 is 0. The van der Waals surface area contributed by atoms with Crippen LogP contribution in [0.25, 0.3) is 0 Å². The van der Waals surface area contributed by atoms with Crippen molar-refractivity contribution in [3.05, 3.63) is 24.2 Å². The van der Waals surface area contributed by atoms with Gasteiger partial charge in [-0.25, -0.2) is 0 Å². The number of nitrogens with two attached hydrogens (primary N) is 1. The quantitative estimate of drug-likeness (QED) is 0.700. The van der Waals surface area contributed by atoms with Crippen LogP contribution in [-0.4, -0.2) is 12.1 Å². The van der Waals surface area contributed by atoms with Gasteiger partial charge < -0.3 is 15.5 Å². The molecule has 0 bridgehead atoms. The molecule has 1 aliphatic rings. The van der Waals surface area contributed by atoms with E-state index in [2.05, 4.69) is 5.32 Å². The Morgan fingerprint density at radius 2 is 2.42 bits per heavy atom. The first-order chi connectivity index (χ1) is 5.84. The van der Waals surface area contributed by atoms with Crippen LogP contribution in [0.2, 0.25) is 0 Å². The summed E-state index contributed by atoms with van der Waals surface area (Å²) in [6.07, 6.45) is 3.89. The molecular formula is C9H14N2O. The number of hydrogen-bond donors (Lipinski definition) is 2. The summed E-state index contributed by atoms with van der Waals surface area (Å²) in [6.45, 7) is 0.824. The number of rotatable bonds is 3. The zero-order valence-corrected chi connectivity index (χ0v) is 6.99. The molecular weight excluding hydrogens is 152 g/mol. The van der Waals surface area contributed by atoms with Crippen molar-refractivity contribution in [1.82, 2.24) is 5.32 Å². The summed E-state index contributed by atoms with van der Waals surface area (Å²) < 4.78 is 5.19. The fourth-order valence-electron chi connectivity index (χ4n) is 1.49. The highest BCUT2D eigenvalue weighted by molar-refractivity contribution is 4.99. The van der Waals surface area contributed by atoms with Crippen LogP contribution < -0.4 is 11.1 Å². The second-order valence-electron chi connectivity index (χ2n) is 3.39. The van der Waals surface area contributed by atoms with E-state index in [-0.39, 0.29) is 0 Å². The molecule has 1 fully saturated rings. The van der Waals surface area contributed by atoms with Crippen LogP contribution in [0.4, 0.5) is 0 Å². The van der Waals surface area contributed by atoms with Crippen molar-refractivity contribution in [3.8, 4) is 0 Å². The van der Waals surface area contributed by atoms with E-state index in [4.69, 9.17) is 10.2 Å². The van der Waals surface area contributed by atoms with Gasteiger partial charge in [0, 0.05) is 12.1 Å². The average molecular weight is 166 g/mol. The van der Waals surface area contributed by atoms with Gasteiger partial charge in [-0.1, -0.05) is 0 Å². The van der Waals surface area contributed by atoms with Crippen molar-refractivity contribution in [2.75, 3.05) is 0 Å². The predicted octanol–water partition coefficient (Wildman–Crippen LogP) is 0.859. The molecule has 3 N–H and O–H groups in total. The van der Waals surface area contributed by atoms with Gasteiger partial charge in [0.2, 0.25) is 0 Å². The maximum Gasteiger partial charge on any atom is 0.117 e. The molecule has 0 unspecified atom stereocenters. The van der Waals surface area contributed by atoms with Crippen LogP contribution in [0.3, 0.4) is 0 Å². The highest BCUT2D eigenvalue weighted by Gasteiger charge is 2.24. The minimum Gasteiger partial charge on any atom is -0.468 e. The van der Waals surface area contributed by atoms with Gasteiger partial charge in [-0.2, -0.15) is 0 Å². The van der Waals surface area contributed by atoms with E-state index in [1.807, 2.05) is 12.1 Å². The molecule has 3 heteroatoms. The molecule has 0 amide bonds. The Kier molecular flexibility index (Phi) is 2.15. The molecule has 0 radical (unpaired) electrons. The lowest BCUT2D eigenvalue weighted by Gasteiger charge is -2.32. The fourth-order valence-corrected chi connectivity index (χ4v) is 1.49. The Hall–Kier alpha value is -0.800. The molecule has 0 atom stereocenters. The molecule has 1 aromatic rings. The molecule has 1 saturated carbocycles. The third-order valence-electron chi connectivity index (χ3n) is 2.32. The molecule has 2 rings (SSSR count). The van der Waals surface area contributed by atoms with E-state index < -0.39 is 0 Å². The molecule has 1 heterocycles. The summed E-state index contributed by atoms with van der Waals surface area (Å²) in [6, 6.07) is 4.90. The van der Waals surface area contributed by atoms with Gasteiger partial charge in [0.1, 0.15) is 5.76 Å². The van der Waals surface area contributed by atoms with Crippen LogP contribution >= 0.6 is 0 Å². The lowest BCUT2D eigenvalue weighted by molar-refractivity contribution is 0.283. The smallest absolute Gasteiger partial charge is 0.117 e. The average Bonchev–Trinajstić information content (AvgIpc) is 2.47. The Bertz CT molecular complexity index is 227. The van der Waals surface area contributed by atoms with Gasteiger partial charge in [-0.05, 0) is 25.0 Å². The molecule has 1 aliphatic carbocycles. The fraction of sp³-hybridized carbons (Fsp3) is 0.556. The van der Waals surface area contributed by atoms with E-state index in [9.17, 15) is 0 Å². The second kappa shape index (κ2) is 3.29. The third kappa shape index (κ3) is 1.68. The van der Waals surface area contributed by atoms with Crippen LogP contribution in [0.1, 0.15) is 18.6 Å². The van der Waals surface area contributed by atoms with Crippen LogP contribution in [0.15, 0.2) is 22.8 Å². The molecule has 0 spiro atoms. The third-order valence-corrected chi connectivity index (χ3v) is 2.32. The second-order valence-corrected chi connectivity index (χ2v) is 3.39. The largest absolute Gasteiger partial charge is 0.468 e. The van der Waals surface area contributed by atoms with E-state index in [1.165, 1.54) is 0 Å². The van der Waals surface area contributed by atoms with Crippen molar-refractivity contribution in [2.45, 2.75) is 31.5 Å². The highest BCUT2D eigenvalue weighted by atomic mass is 16.3. The summed E-state index contributed by atoms with van der Waals surface area (Å²) in [5.74, 6) is 0.996. The van der Waals surface area contributed by atoms with Gasteiger partial charge in [-0.15, -0.1) is 0 Å². The first kappa shape index (κ1) is 7.83. The number of furan rings is 1. The van der Waals surface area contributed by atoms with Crippen LogP contribution in [-0.2, 0) is 6.54 Å². The van der Waals surface area contributed by atoms with E-state index in [0.717, 1.165) is 25.1 Å². The Balaban J connectivity index is 1.70. The van der Waals surface area contributed by atoms with Crippen molar-refractivity contribution < 1.29 is 4.42 Å². The Morgan fingerprint density at radius 1 is 1.58 bits per heavy atom. The summed E-state index contributed by atoms with van der Waals surface area (Å²) in [5, 5.41) is 3.38. The lowest BCUT2D eigenvalue weighted by Crippen LogP contribution is -2.47. The summed E-state index contributed by atoms with van der Waals surface area (Å²) in [5.41, 5.74) is 5.65. The SMILES string of the molecule is NC1CC(NCc2ccco2)C1. The monoisotopic (exact) mass is 166 g/mol. The molecule has 0 aromatic carbocycles. The molecule has 66 valence electrons. The predicted molar refractivity (Wildman–Crippen MR) is 46.5 cm³/mol. The van der Waals surface area contributed by atoms with Crippen molar-refractivity contribution in [3.63, 3.8) is 0 Å². The van der Waals surface area contributed by atoms with Gasteiger partial charge in [0.15, 0.2) is 0 Å². The van der Waals surface area contributed by atoms with Crippen molar-refractivity contribution in [1.29, 1.82) is 0 Å².